The summed E-state index contributed by atoms with van der Waals surface area (Å²) in [5.41, 5.74) is 2.58. The minimum Gasteiger partial charge on any atom is -0.497 e. The third-order valence-electron chi connectivity index (χ3n) is 4.39. The van der Waals surface area contributed by atoms with Crippen molar-refractivity contribution in [2.75, 3.05) is 14.2 Å². The molecule has 2 aromatic carbocycles. The zero-order valence-electron chi connectivity index (χ0n) is 15.7. The Kier molecular flexibility index (Phi) is 5.76. The maximum absolute atomic E-state index is 12.6. The molecule has 140 valence electrons. The molecular weight excluding hydrogens is 342 g/mol. The van der Waals surface area contributed by atoms with Crippen molar-refractivity contribution in [2.45, 2.75) is 19.5 Å². The molecule has 6 heteroatoms. The van der Waals surface area contributed by atoms with Crippen molar-refractivity contribution >= 4 is 5.91 Å². The van der Waals surface area contributed by atoms with E-state index in [1.165, 1.54) is 0 Å². The van der Waals surface area contributed by atoms with Gasteiger partial charge in [-0.15, -0.1) is 0 Å². The predicted octanol–water partition coefficient (Wildman–Crippen LogP) is 3.44. The molecule has 0 aliphatic carbocycles. The summed E-state index contributed by atoms with van der Waals surface area (Å²) in [6.45, 7) is 2.64. The highest BCUT2D eigenvalue weighted by Gasteiger charge is 2.16. The van der Waals surface area contributed by atoms with E-state index in [0.29, 0.717) is 11.3 Å². The lowest BCUT2D eigenvalue weighted by molar-refractivity contribution is 0.0939. The van der Waals surface area contributed by atoms with E-state index in [-0.39, 0.29) is 11.9 Å². The second-order valence-corrected chi connectivity index (χ2v) is 6.23. The van der Waals surface area contributed by atoms with Crippen LogP contribution < -0.4 is 14.8 Å². The van der Waals surface area contributed by atoms with E-state index in [2.05, 4.69) is 10.3 Å². The molecule has 0 radical (unpaired) electrons. The lowest BCUT2D eigenvalue weighted by atomic mass is 10.1. The Balaban J connectivity index is 1.69. The summed E-state index contributed by atoms with van der Waals surface area (Å²) in [7, 11) is 3.22. The number of benzene rings is 2. The average molecular weight is 365 g/mol. The first-order chi connectivity index (χ1) is 13.1. The Hall–Kier alpha value is -3.28. The van der Waals surface area contributed by atoms with Gasteiger partial charge >= 0.3 is 0 Å². The number of nitrogens with zero attached hydrogens (tertiary/aromatic N) is 2. The van der Waals surface area contributed by atoms with E-state index >= 15 is 0 Å². The standard InChI is InChI=1S/C21H23N3O3/c1-15(19-12-18(26-2)8-9-20(19)27-3)23-21(25)17-6-4-16(5-7-17)13-24-11-10-22-14-24/h4-12,14-15H,13H2,1-3H3,(H,23,25)/t15-/m1/s1. The van der Waals surface area contributed by atoms with Crippen LogP contribution in [0.1, 0.15) is 34.5 Å². The SMILES string of the molecule is COc1ccc(OC)c([C@@H](C)NC(=O)c2ccc(Cn3ccnc3)cc2)c1. The van der Waals surface area contributed by atoms with Crippen molar-refractivity contribution in [2.24, 2.45) is 0 Å². The van der Waals surface area contributed by atoms with Gasteiger partial charge in [-0.1, -0.05) is 12.1 Å². The van der Waals surface area contributed by atoms with E-state index in [1.807, 2.05) is 60.2 Å². The second-order valence-electron chi connectivity index (χ2n) is 6.23. The lowest BCUT2D eigenvalue weighted by Crippen LogP contribution is -2.27. The Labute approximate surface area is 158 Å². The first-order valence-corrected chi connectivity index (χ1v) is 8.68. The summed E-state index contributed by atoms with van der Waals surface area (Å²) in [4.78, 5) is 16.6. The smallest absolute Gasteiger partial charge is 0.251 e. The fraction of sp³-hybridized carbons (Fsp3) is 0.238. The molecular formula is C21H23N3O3. The van der Waals surface area contributed by atoms with Gasteiger partial charge in [-0.05, 0) is 42.8 Å². The highest BCUT2D eigenvalue weighted by Crippen LogP contribution is 2.29. The van der Waals surface area contributed by atoms with Crippen LogP contribution in [-0.4, -0.2) is 29.7 Å². The van der Waals surface area contributed by atoms with Crippen LogP contribution in [0.25, 0.3) is 0 Å². The van der Waals surface area contributed by atoms with Crippen LogP contribution in [0.3, 0.4) is 0 Å². The maximum Gasteiger partial charge on any atom is 0.251 e. The van der Waals surface area contributed by atoms with E-state index in [1.54, 1.807) is 26.7 Å². The van der Waals surface area contributed by atoms with Gasteiger partial charge in [0, 0.05) is 30.1 Å². The van der Waals surface area contributed by atoms with Crippen molar-refractivity contribution in [3.63, 3.8) is 0 Å². The number of ether oxygens (including phenoxy) is 2. The van der Waals surface area contributed by atoms with E-state index in [9.17, 15) is 4.79 Å². The minimum atomic E-state index is -0.229. The molecule has 0 bridgehead atoms. The molecule has 0 aliphatic rings. The van der Waals surface area contributed by atoms with E-state index in [0.717, 1.165) is 23.4 Å². The van der Waals surface area contributed by atoms with Gasteiger partial charge in [-0.2, -0.15) is 0 Å². The number of aromatic nitrogens is 2. The zero-order valence-corrected chi connectivity index (χ0v) is 15.7. The molecule has 27 heavy (non-hydrogen) atoms. The van der Waals surface area contributed by atoms with Crippen LogP contribution in [0, 0.1) is 0 Å². The summed E-state index contributed by atoms with van der Waals surface area (Å²) in [6.07, 6.45) is 5.42. The number of methoxy groups -OCH3 is 2. The molecule has 3 aromatic rings. The fourth-order valence-electron chi connectivity index (χ4n) is 2.89. The largest absolute Gasteiger partial charge is 0.497 e. The van der Waals surface area contributed by atoms with Crippen molar-refractivity contribution in [3.8, 4) is 11.5 Å². The number of carbonyl (C=O) groups excluding carboxylic acids is 1. The Morgan fingerprint density at radius 1 is 1.15 bits per heavy atom. The quantitative estimate of drug-likeness (QED) is 0.697. The first-order valence-electron chi connectivity index (χ1n) is 8.68. The van der Waals surface area contributed by atoms with Crippen LogP contribution in [0.5, 0.6) is 11.5 Å². The third-order valence-corrected chi connectivity index (χ3v) is 4.39. The van der Waals surface area contributed by atoms with E-state index in [4.69, 9.17) is 9.47 Å². The van der Waals surface area contributed by atoms with Gasteiger partial charge in [0.2, 0.25) is 0 Å². The van der Waals surface area contributed by atoms with Gasteiger partial charge in [-0.25, -0.2) is 4.98 Å². The molecule has 0 unspecified atom stereocenters. The number of hydrogen-bond donors (Lipinski definition) is 1. The molecule has 0 saturated heterocycles. The molecule has 1 aromatic heterocycles. The maximum atomic E-state index is 12.6. The van der Waals surface area contributed by atoms with Gasteiger partial charge in [0.05, 0.1) is 26.6 Å². The number of rotatable bonds is 7. The molecule has 6 nitrogen and oxygen atoms in total. The second kappa shape index (κ2) is 8.40. The summed E-state index contributed by atoms with van der Waals surface area (Å²) in [5, 5.41) is 3.01. The molecule has 1 amide bonds. The normalized spacial score (nSPS) is 11.7. The lowest BCUT2D eigenvalue weighted by Gasteiger charge is -2.18. The molecule has 0 fully saturated rings. The third kappa shape index (κ3) is 4.47. The Morgan fingerprint density at radius 2 is 1.93 bits per heavy atom. The highest BCUT2D eigenvalue weighted by atomic mass is 16.5. The molecule has 1 N–H and O–H groups in total. The topological polar surface area (TPSA) is 65.4 Å². The molecule has 0 saturated carbocycles. The van der Waals surface area contributed by atoms with E-state index < -0.39 is 0 Å². The van der Waals surface area contributed by atoms with Gasteiger partial charge in [0.15, 0.2) is 0 Å². The van der Waals surface area contributed by atoms with Crippen LogP contribution in [0.4, 0.5) is 0 Å². The van der Waals surface area contributed by atoms with Crippen molar-refractivity contribution in [1.29, 1.82) is 0 Å². The van der Waals surface area contributed by atoms with Crippen LogP contribution in [0.15, 0.2) is 61.2 Å². The Bertz CT molecular complexity index is 890. The molecule has 0 aliphatic heterocycles. The zero-order chi connectivity index (χ0) is 19.2. The van der Waals surface area contributed by atoms with Crippen molar-refractivity contribution in [1.82, 2.24) is 14.9 Å². The van der Waals surface area contributed by atoms with Gasteiger partial charge < -0.3 is 19.4 Å². The average Bonchev–Trinajstić information content (AvgIpc) is 3.21. The number of imidazole rings is 1. The monoisotopic (exact) mass is 365 g/mol. The van der Waals surface area contributed by atoms with Crippen LogP contribution in [-0.2, 0) is 6.54 Å². The van der Waals surface area contributed by atoms with Gasteiger partial charge in [0.25, 0.3) is 5.91 Å². The summed E-state index contributed by atoms with van der Waals surface area (Å²) >= 11 is 0. The Morgan fingerprint density at radius 3 is 2.56 bits per heavy atom. The minimum absolute atomic E-state index is 0.137. The predicted molar refractivity (Wildman–Crippen MR) is 103 cm³/mol. The highest BCUT2D eigenvalue weighted by molar-refractivity contribution is 5.94. The van der Waals surface area contributed by atoms with Gasteiger partial charge in [0.1, 0.15) is 11.5 Å². The summed E-state index contributed by atoms with van der Waals surface area (Å²) < 4.78 is 12.7. The molecule has 3 rings (SSSR count). The number of nitrogens with one attached hydrogen (secondary N) is 1. The van der Waals surface area contributed by atoms with Crippen LogP contribution >= 0.6 is 0 Å². The molecule has 1 atom stereocenters. The number of carbonyl (C=O) groups is 1. The first kappa shape index (κ1) is 18.5. The van der Waals surface area contributed by atoms with Crippen molar-refractivity contribution < 1.29 is 14.3 Å². The number of hydrogen-bond acceptors (Lipinski definition) is 4. The fourth-order valence-corrected chi connectivity index (χ4v) is 2.89. The van der Waals surface area contributed by atoms with Crippen LogP contribution in [0.2, 0.25) is 0 Å². The van der Waals surface area contributed by atoms with Gasteiger partial charge in [-0.3, -0.25) is 4.79 Å². The summed E-state index contributed by atoms with van der Waals surface area (Å²) in [6, 6.07) is 12.9. The molecule has 1 heterocycles. The number of amides is 1. The molecule has 0 spiro atoms. The van der Waals surface area contributed by atoms with Crippen molar-refractivity contribution in [3.05, 3.63) is 77.9 Å². The summed E-state index contributed by atoms with van der Waals surface area (Å²) in [5.74, 6) is 1.29.